The Kier molecular flexibility index (Phi) is 4.24. The van der Waals surface area contributed by atoms with Crippen LogP contribution >= 0.6 is 34.2 Å². The van der Waals surface area contributed by atoms with Gasteiger partial charge < -0.3 is 9.47 Å². The van der Waals surface area contributed by atoms with Crippen LogP contribution < -0.4 is 0 Å². The van der Waals surface area contributed by atoms with Crippen molar-refractivity contribution in [1.82, 2.24) is 14.5 Å². The Morgan fingerprint density at radius 1 is 1.45 bits per heavy atom. The van der Waals surface area contributed by atoms with Gasteiger partial charge >= 0.3 is 0 Å². The summed E-state index contributed by atoms with van der Waals surface area (Å²) in [6.45, 7) is 4.28. The van der Waals surface area contributed by atoms with Crippen molar-refractivity contribution < 1.29 is 0 Å². The number of likely N-dealkylation sites (tertiary alicyclic amines) is 1. The molecule has 0 radical (unpaired) electrons. The zero-order valence-corrected chi connectivity index (χ0v) is 14.7. The van der Waals surface area contributed by atoms with Crippen LogP contribution in [0.2, 0.25) is 0 Å². The summed E-state index contributed by atoms with van der Waals surface area (Å²) in [5.74, 6) is 1.00. The average molecular weight is 404 g/mol. The van der Waals surface area contributed by atoms with Gasteiger partial charge in [-0.3, -0.25) is 0 Å². The van der Waals surface area contributed by atoms with Gasteiger partial charge in [-0.2, -0.15) is 0 Å². The number of imidazole rings is 1. The third-order valence-corrected chi connectivity index (χ3v) is 4.87. The van der Waals surface area contributed by atoms with E-state index in [1.54, 1.807) is 0 Å². The van der Waals surface area contributed by atoms with Gasteiger partial charge in [-0.1, -0.05) is 0 Å². The van der Waals surface area contributed by atoms with Crippen LogP contribution in [0.15, 0.2) is 18.2 Å². The Balaban J connectivity index is 2.13. The summed E-state index contributed by atoms with van der Waals surface area (Å²) in [4.78, 5) is 7.18. The molecular weight excluding hydrogens is 385 g/mol. The van der Waals surface area contributed by atoms with Crippen molar-refractivity contribution >= 4 is 45.2 Å². The first-order valence-electron chi connectivity index (χ1n) is 7.06. The number of hydrogen-bond acceptors (Lipinski definition) is 2. The van der Waals surface area contributed by atoms with Crippen molar-refractivity contribution in [3.8, 4) is 0 Å². The van der Waals surface area contributed by atoms with Gasteiger partial charge in [0, 0.05) is 16.2 Å². The standard InChI is InChI=1S/C15H19ClIN3/c1-10(16)15-18-13-8-11(17)5-6-14(13)20(15)12-4-3-7-19(2)9-12/h5-6,8,10,12H,3-4,7,9H2,1-2H3. The molecule has 1 aromatic heterocycles. The third-order valence-electron chi connectivity index (χ3n) is 4.00. The molecule has 3 nitrogen and oxygen atoms in total. The molecule has 0 bridgehead atoms. The highest BCUT2D eigenvalue weighted by atomic mass is 127. The van der Waals surface area contributed by atoms with Gasteiger partial charge in [0.2, 0.25) is 0 Å². The number of fused-ring (bicyclic) bond motifs is 1. The van der Waals surface area contributed by atoms with E-state index < -0.39 is 0 Å². The van der Waals surface area contributed by atoms with Gasteiger partial charge in [0.1, 0.15) is 5.82 Å². The highest BCUT2D eigenvalue weighted by Crippen LogP contribution is 2.32. The maximum absolute atomic E-state index is 6.38. The molecule has 2 atom stereocenters. The lowest BCUT2D eigenvalue weighted by atomic mass is 10.1. The van der Waals surface area contributed by atoms with Crippen LogP contribution in [0.4, 0.5) is 0 Å². The van der Waals surface area contributed by atoms with E-state index in [1.165, 1.54) is 28.5 Å². The van der Waals surface area contributed by atoms with E-state index in [1.807, 2.05) is 6.92 Å². The normalized spacial score (nSPS) is 22.3. The summed E-state index contributed by atoms with van der Waals surface area (Å²) in [6, 6.07) is 6.95. The zero-order valence-electron chi connectivity index (χ0n) is 11.8. The topological polar surface area (TPSA) is 21.1 Å². The Morgan fingerprint density at radius 3 is 2.95 bits per heavy atom. The number of halogens is 2. The summed E-state index contributed by atoms with van der Waals surface area (Å²) in [5.41, 5.74) is 2.28. The summed E-state index contributed by atoms with van der Waals surface area (Å²) < 4.78 is 3.59. The molecule has 1 fully saturated rings. The first-order valence-corrected chi connectivity index (χ1v) is 8.58. The largest absolute Gasteiger partial charge is 0.322 e. The molecule has 0 N–H and O–H groups in total. The highest BCUT2D eigenvalue weighted by molar-refractivity contribution is 14.1. The lowest BCUT2D eigenvalue weighted by Crippen LogP contribution is -2.34. The molecule has 3 rings (SSSR count). The summed E-state index contributed by atoms with van der Waals surface area (Å²) in [7, 11) is 2.19. The lowest BCUT2D eigenvalue weighted by Gasteiger charge is -2.32. The average Bonchev–Trinajstić information content (AvgIpc) is 2.77. The summed E-state index contributed by atoms with van der Waals surface area (Å²) in [5, 5.41) is -0.0627. The quantitative estimate of drug-likeness (QED) is 0.553. The number of benzene rings is 1. The molecule has 2 aromatic rings. The maximum atomic E-state index is 6.38. The number of hydrogen-bond donors (Lipinski definition) is 0. The minimum atomic E-state index is -0.0627. The van der Waals surface area contributed by atoms with Gasteiger partial charge in [0.05, 0.1) is 16.4 Å². The smallest absolute Gasteiger partial charge is 0.128 e. The second kappa shape index (κ2) is 5.81. The Hall–Kier alpha value is -0.330. The van der Waals surface area contributed by atoms with E-state index in [0.29, 0.717) is 6.04 Å². The van der Waals surface area contributed by atoms with Crippen molar-refractivity contribution in [3.05, 3.63) is 27.6 Å². The molecule has 108 valence electrons. The van der Waals surface area contributed by atoms with Gasteiger partial charge in [0.15, 0.2) is 0 Å². The van der Waals surface area contributed by atoms with Crippen molar-refractivity contribution in [2.75, 3.05) is 20.1 Å². The minimum Gasteiger partial charge on any atom is -0.322 e. The van der Waals surface area contributed by atoms with E-state index in [2.05, 4.69) is 57.3 Å². The number of nitrogens with zero attached hydrogens (tertiary/aromatic N) is 3. The van der Waals surface area contributed by atoms with Gasteiger partial charge in [-0.05, 0) is 74.1 Å². The molecular formula is C15H19ClIN3. The first-order chi connectivity index (χ1) is 9.56. The number of piperidine rings is 1. The van der Waals surface area contributed by atoms with Crippen molar-refractivity contribution in [3.63, 3.8) is 0 Å². The second-order valence-corrected chi connectivity index (χ2v) is 7.55. The zero-order chi connectivity index (χ0) is 14.3. The Labute approximate surface area is 138 Å². The van der Waals surface area contributed by atoms with E-state index in [-0.39, 0.29) is 5.38 Å². The van der Waals surface area contributed by atoms with Gasteiger partial charge in [-0.15, -0.1) is 11.6 Å². The molecule has 2 unspecified atom stereocenters. The monoisotopic (exact) mass is 403 g/mol. The minimum absolute atomic E-state index is 0.0627. The number of rotatable bonds is 2. The molecule has 2 heterocycles. The second-order valence-electron chi connectivity index (χ2n) is 5.65. The molecule has 5 heteroatoms. The van der Waals surface area contributed by atoms with Crippen LogP contribution in [0.3, 0.4) is 0 Å². The predicted molar refractivity (Wildman–Crippen MR) is 92.5 cm³/mol. The number of alkyl halides is 1. The highest BCUT2D eigenvalue weighted by Gasteiger charge is 2.25. The van der Waals surface area contributed by atoms with Crippen LogP contribution in [0.25, 0.3) is 11.0 Å². The van der Waals surface area contributed by atoms with Crippen molar-refractivity contribution in [2.24, 2.45) is 0 Å². The summed E-state index contributed by atoms with van der Waals surface area (Å²) >= 11 is 8.71. The fourth-order valence-corrected chi connectivity index (χ4v) is 3.73. The Bertz CT molecular complexity index is 623. The maximum Gasteiger partial charge on any atom is 0.128 e. The molecule has 1 aromatic carbocycles. The van der Waals surface area contributed by atoms with E-state index >= 15 is 0 Å². The molecule has 1 saturated heterocycles. The third kappa shape index (κ3) is 2.70. The van der Waals surface area contributed by atoms with E-state index in [9.17, 15) is 0 Å². The number of likely N-dealkylation sites (N-methyl/N-ethyl adjacent to an activating group) is 1. The number of aromatic nitrogens is 2. The van der Waals surface area contributed by atoms with E-state index in [0.717, 1.165) is 17.9 Å². The fourth-order valence-electron chi connectivity index (χ4n) is 3.10. The van der Waals surface area contributed by atoms with Crippen molar-refractivity contribution in [1.29, 1.82) is 0 Å². The summed E-state index contributed by atoms with van der Waals surface area (Å²) in [6.07, 6.45) is 2.44. The molecule has 0 saturated carbocycles. The van der Waals surface area contributed by atoms with Crippen molar-refractivity contribution in [2.45, 2.75) is 31.2 Å². The van der Waals surface area contributed by atoms with E-state index in [4.69, 9.17) is 16.6 Å². The van der Waals surface area contributed by atoms with Gasteiger partial charge in [0.25, 0.3) is 0 Å². The van der Waals surface area contributed by atoms with Gasteiger partial charge in [-0.25, -0.2) is 4.98 Å². The van der Waals surface area contributed by atoms with Crippen LogP contribution in [-0.2, 0) is 0 Å². The van der Waals surface area contributed by atoms with Crippen LogP contribution in [0.5, 0.6) is 0 Å². The molecule has 0 spiro atoms. The predicted octanol–water partition coefficient (Wildman–Crippen LogP) is 4.21. The fraction of sp³-hybridized carbons (Fsp3) is 0.533. The first kappa shape index (κ1) is 14.6. The molecule has 0 aliphatic carbocycles. The van der Waals surface area contributed by atoms with Crippen LogP contribution in [0, 0.1) is 3.57 Å². The van der Waals surface area contributed by atoms with Crippen LogP contribution in [0.1, 0.15) is 37.0 Å². The molecule has 1 aliphatic heterocycles. The SMILES string of the molecule is CC(Cl)c1nc2cc(I)ccc2n1C1CCCN(C)C1. The Morgan fingerprint density at radius 2 is 2.25 bits per heavy atom. The molecule has 20 heavy (non-hydrogen) atoms. The molecule has 0 amide bonds. The molecule has 1 aliphatic rings. The van der Waals surface area contributed by atoms with Crippen LogP contribution in [-0.4, -0.2) is 34.6 Å². The lowest BCUT2D eigenvalue weighted by molar-refractivity contribution is 0.212.